The number of furan rings is 1. The fourth-order valence-electron chi connectivity index (χ4n) is 2.63. The van der Waals surface area contributed by atoms with Crippen molar-refractivity contribution in [2.75, 3.05) is 7.05 Å². The van der Waals surface area contributed by atoms with Crippen LogP contribution in [0.4, 0.5) is 0 Å². The van der Waals surface area contributed by atoms with Crippen molar-refractivity contribution in [3.8, 4) is 0 Å². The largest absolute Gasteiger partial charge is 0.464 e. The van der Waals surface area contributed by atoms with Crippen molar-refractivity contribution in [3.63, 3.8) is 0 Å². The molecule has 0 bridgehead atoms. The van der Waals surface area contributed by atoms with Crippen molar-refractivity contribution < 1.29 is 4.42 Å². The van der Waals surface area contributed by atoms with Gasteiger partial charge in [-0.3, -0.25) is 4.90 Å². The predicted octanol–water partition coefficient (Wildman–Crippen LogP) is 3.39. The van der Waals surface area contributed by atoms with Crippen LogP contribution in [0.25, 0.3) is 0 Å². The van der Waals surface area contributed by atoms with E-state index in [4.69, 9.17) is 4.42 Å². The molecule has 1 unspecified atom stereocenters. The lowest BCUT2D eigenvalue weighted by Gasteiger charge is -2.31. The zero-order valence-electron chi connectivity index (χ0n) is 10.8. The highest BCUT2D eigenvalue weighted by molar-refractivity contribution is 5.25. The molecule has 1 aliphatic rings. The van der Waals surface area contributed by atoms with Gasteiger partial charge in [0, 0.05) is 12.5 Å². The first-order valence-corrected chi connectivity index (χ1v) is 6.55. The zero-order valence-corrected chi connectivity index (χ0v) is 10.8. The molecule has 1 atom stereocenters. The average Bonchev–Trinajstić information content (AvgIpc) is 2.61. The zero-order chi connectivity index (χ0) is 11.5. The number of fused-ring (bicyclic) bond motifs is 1. The summed E-state index contributed by atoms with van der Waals surface area (Å²) in [5.41, 5.74) is 1.46. The van der Waals surface area contributed by atoms with E-state index in [1.807, 2.05) is 0 Å². The Balaban J connectivity index is 2.12. The van der Waals surface area contributed by atoms with Crippen LogP contribution < -0.4 is 0 Å². The molecule has 0 saturated carbocycles. The quantitative estimate of drug-likeness (QED) is 0.775. The van der Waals surface area contributed by atoms with Crippen molar-refractivity contribution in [2.24, 2.45) is 0 Å². The summed E-state index contributed by atoms with van der Waals surface area (Å²) in [5, 5.41) is 0. The minimum absolute atomic E-state index is 0.713. The predicted molar refractivity (Wildman–Crippen MR) is 66.6 cm³/mol. The third-order valence-corrected chi connectivity index (χ3v) is 3.54. The molecule has 1 aromatic heterocycles. The maximum absolute atomic E-state index is 5.90. The highest BCUT2D eigenvalue weighted by Crippen LogP contribution is 2.27. The Hall–Kier alpha value is -0.760. The SMILES string of the molecule is CCCc1cc2c(o1)CN(C)C(CCC)C2. The molecule has 0 aromatic carbocycles. The van der Waals surface area contributed by atoms with E-state index in [1.54, 1.807) is 0 Å². The molecule has 1 aromatic rings. The van der Waals surface area contributed by atoms with E-state index < -0.39 is 0 Å². The lowest BCUT2D eigenvalue weighted by Crippen LogP contribution is -2.36. The average molecular weight is 221 g/mol. The Morgan fingerprint density at radius 3 is 2.88 bits per heavy atom. The maximum atomic E-state index is 5.90. The summed E-state index contributed by atoms with van der Waals surface area (Å²) in [7, 11) is 2.21. The molecule has 2 heteroatoms. The summed E-state index contributed by atoms with van der Waals surface area (Å²) in [5.74, 6) is 2.39. The number of aryl methyl sites for hydroxylation is 1. The first-order valence-electron chi connectivity index (χ1n) is 6.55. The van der Waals surface area contributed by atoms with Crippen molar-refractivity contribution in [3.05, 3.63) is 23.2 Å². The van der Waals surface area contributed by atoms with Gasteiger partial charge in [0.2, 0.25) is 0 Å². The summed E-state index contributed by atoms with van der Waals surface area (Å²) in [6, 6.07) is 3.00. The molecule has 2 rings (SSSR count). The minimum Gasteiger partial charge on any atom is -0.464 e. The molecule has 0 fully saturated rings. The normalized spacial score (nSPS) is 21.1. The van der Waals surface area contributed by atoms with Crippen molar-refractivity contribution in [2.45, 2.75) is 58.5 Å². The van der Waals surface area contributed by atoms with Crippen LogP contribution in [0.3, 0.4) is 0 Å². The standard InChI is InChI=1S/C14H23NO/c1-4-6-12-8-11-9-13(7-5-2)16-14(11)10-15(12)3/h9,12H,4-8,10H2,1-3H3. The Labute approximate surface area is 98.6 Å². The Kier molecular flexibility index (Phi) is 3.70. The molecular weight excluding hydrogens is 198 g/mol. The molecule has 0 spiro atoms. The molecule has 1 aliphatic heterocycles. The summed E-state index contributed by atoms with van der Waals surface area (Å²) in [6.07, 6.45) is 5.98. The van der Waals surface area contributed by atoms with Gasteiger partial charge in [0.25, 0.3) is 0 Å². The molecule has 2 nitrogen and oxygen atoms in total. The Morgan fingerprint density at radius 2 is 2.19 bits per heavy atom. The monoisotopic (exact) mass is 221 g/mol. The van der Waals surface area contributed by atoms with Gasteiger partial charge in [0.15, 0.2) is 0 Å². The number of likely N-dealkylation sites (N-methyl/N-ethyl adjacent to an activating group) is 1. The van der Waals surface area contributed by atoms with E-state index in [0.29, 0.717) is 6.04 Å². The number of rotatable bonds is 4. The number of hydrogen-bond acceptors (Lipinski definition) is 2. The summed E-state index contributed by atoms with van der Waals surface area (Å²) in [6.45, 7) is 5.46. The second-order valence-corrected chi connectivity index (χ2v) is 4.97. The fraction of sp³-hybridized carbons (Fsp3) is 0.714. The van der Waals surface area contributed by atoms with E-state index in [1.165, 1.54) is 42.8 Å². The van der Waals surface area contributed by atoms with Crippen molar-refractivity contribution in [1.29, 1.82) is 0 Å². The number of nitrogens with zero attached hydrogens (tertiary/aromatic N) is 1. The van der Waals surface area contributed by atoms with Gasteiger partial charge in [-0.15, -0.1) is 0 Å². The maximum Gasteiger partial charge on any atom is 0.121 e. The van der Waals surface area contributed by atoms with Gasteiger partial charge < -0.3 is 4.42 Å². The van der Waals surface area contributed by atoms with Crippen LogP contribution in [0.5, 0.6) is 0 Å². The van der Waals surface area contributed by atoms with Gasteiger partial charge >= 0.3 is 0 Å². The van der Waals surface area contributed by atoms with Crippen LogP contribution in [0, 0.1) is 0 Å². The van der Waals surface area contributed by atoms with E-state index in [2.05, 4.69) is 31.9 Å². The van der Waals surface area contributed by atoms with Gasteiger partial charge in [0.05, 0.1) is 6.54 Å². The summed E-state index contributed by atoms with van der Waals surface area (Å²) < 4.78 is 5.90. The highest BCUT2D eigenvalue weighted by Gasteiger charge is 2.25. The molecule has 0 saturated heterocycles. The van der Waals surface area contributed by atoms with Gasteiger partial charge in [-0.25, -0.2) is 0 Å². The summed E-state index contributed by atoms with van der Waals surface area (Å²) in [4.78, 5) is 2.44. The van der Waals surface area contributed by atoms with Crippen LogP contribution in [0.2, 0.25) is 0 Å². The smallest absolute Gasteiger partial charge is 0.121 e. The molecule has 90 valence electrons. The second kappa shape index (κ2) is 5.05. The number of hydrogen-bond donors (Lipinski definition) is 0. The summed E-state index contributed by atoms with van der Waals surface area (Å²) >= 11 is 0. The van der Waals surface area contributed by atoms with Crippen molar-refractivity contribution >= 4 is 0 Å². The van der Waals surface area contributed by atoms with E-state index in [-0.39, 0.29) is 0 Å². The van der Waals surface area contributed by atoms with Gasteiger partial charge in [-0.2, -0.15) is 0 Å². The first-order chi connectivity index (χ1) is 7.74. The molecule has 16 heavy (non-hydrogen) atoms. The minimum atomic E-state index is 0.713. The topological polar surface area (TPSA) is 16.4 Å². The molecule has 2 heterocycles. The van der Waals surface area contributed by atoms with E-state index in [9.17, 15) is 0 Å². The molecular formula is C14H23NO. The Morgan fingerprint density at radius 1 is 1.38 bits per heavy atom. The molecule has 0 aliphatic carbocycles. The molecule has 0 radical (unpaired) electrons. The van der Waals surface area contributed by atoms with Crippen LogP contribution in [0.1, 0.15) is 50.2 Å². The van der Waals surface area contributed by atoms with Crippen LogP contribution >= 0.6 is 0 Å². The molecule has 0 amide bonds. The highest BCUT2D eigenvalue weighted by atomic mass is 16.3. The van der Waals surface area contributed by atoms with Gasteiger partial charge in [0.1, 0.15) is 11.5 Å². The second-order valence-electron chi connectivity index (χ2n) is 4.97. The van der Waals surface area contributed by atoms with E-state index >= 15 is 0 Å². The lowest BCUT2D eigenvalue weighted by molar-refractivity contribution is 0.183. The first kappa shape index (κ1) is 11.7. The van der Waals surface area contributed by atoms with Gasteiger partial charge in [-0.05, 0) is 37.9 Å². The fourth-order valence-corrected chi connectivity index (χ4v) is 2.63. The molecule has 0 N–H and O–H groups in total. The van der Waals surface area contributed by atoms with Crippen LogP contribution in [-0.2, 0) is 19.4 Å². The Bertz CT molecular complexity index is 343. The van der Waals surface area contributed by atoms with Crippen molar-refractivity contribution in [1.82, 2.24) is 4.90 Å². The van der Waals surface area contributed by atoms with Crippen LogP contribution in [0.15, 0.2) is 10.5 Å². The lowest BCUT2D eigenvalue weighted by atomic mass is 9.97. The third-order valence-electron chi connectivity index (χ3n) is 3.54. The third kappa shape index (κ3) is 2.32. The van der Waals surface area contributed by atoms with Crippen LogP contribution in [-0.4, -0.2) is 18.0 Å². The van der Waals surface area contributed by atoms with Gasteiger partial charge in [-0.1, -0.05) is 20.3 Å². The van der Waals surface area contributed by atoms with E-state index in [0.717, 1.165) is 13.0 Å².